The van der Waals surface area contributed by atoms with Crippen molar-refractivity contribution in [3.63, 3.8) is 0 Å². The maximum Gasteiger partial charge on any atom is 0.222 e. The zero-order valence-corrected chi connectivity index (χ0v) is 10.5. The van der Waals surface area contributed by atoms with Gasteiger partial charge in [-0.05, 0) is 32.6 Å². The molecule has 0 aromatic carbocycles. The van der Waals surface area contributed by atoms with Crippen LogP contribution in [0.15, 0.2) is 0 Å². The first-order chi connectivity index (χ1) is 7.46. The molecular formula is C12H22N2O2. The van der Waals surface area contributed by atoms with Crippen LogP contribution in [0.2, 0.25) is 0 Å². The summed E-state index contributed by atoms with van der Waals surface area (Å²) < 4.78 is 5.65. The predicted octanol–water partition coefficient (Wildman–Crippen LogP) is 0.969. The molecule has 4 heteroatoms. The number of amides is 1. The Hall–Kier alpha value is -0.610. The van der Waals surface area contributed by atoms with Gasteiger partial charge in [0, 0.05) is 26.1 Å². The molecule has 0 aliphatic carbocycles. The number of carbonyl (C=O) groups is 1. The molecule has 4 nitrogen and oxygen atoms in total. The number of nitrogens with zero attached hydrogens (tertiary/aromatic N) is 1. The summed E-state index contributed by atoms with van der Waals surface area (Å²) in [5.74, 6) is 0.907. The van der Waals surface area contributed by atoms with Crippen molar-refractivity contribution in [2.45, 2.75) is 44.9 Å². The van der Waals surface area contributed by atoms with Crippen molar-refractivity contribution in [3.8, 4) is 0 Å². The fourth-order valence-corrected chi connectivity index (χ4v) is 2.70. The molecule has 2 aliphatic rings. The monoisotopic (exact) mass is 226 g/mol. The quantitative estimate of drug-likeness (QED) is 0.763. The van der Waals surface area contributed by atoms with Crippen LogP contribution in [-0.2, 0) is 9.53 Å². The van der Waals surface area contributed by atoms with Crippen LogP contribution in [0.4, 0.5) is 0 Å². The molecule has 2 rings (SSSR count). The molecule has 0 aromatic heterocycles. The highest BCUT2D eigenvalue weighted by atomic mass is 16.5. The molecule has 2 heterocycles. The van der Waals surface area contributed by atoms with Crippen molar-refractivity contribution in [1.82, 2.24) is 10.2 Å². The van der Waals surface area contributed by atoms with E-state index in [9.17, 15) is 4.79 Å². The summed E-state index contributed by atoms with van der Waals surface area (Å²) >= 11 is 0. The SMILES string of the molecule is CN1C[C@@H](CC2COC(C)(C)N2)CCC1=O. The summed E-state index contributed by atoms with van der Waals surface area (Å²) in [5, 5.41) is 3.48. The average molecular weight is 226 g/mol. The number of hydrogen-bond acceptors (Lipinski definition) is 3. The second kappa shape index (κ2) is 4.34. The smallest absolute Gasteiger partial charge is 0.222 e. The highest BCUT2D eigenvalue weighted by molar-refractivity contribution is 5.76. The van der Waals surface area contributed by atoms with Crippen molar-refractivity contribution in [2.24, 2.45) is 5.92 Å². The molecule has 0 bridgehead atoms. The van der Waals surface area contributed by atoms with Crippen LogP contribution in [0.25, 0.3) is 0 Å². The number of piperidine rings is 1. The van der Waals surface area contributed by atoms with Gasteiger partial charge >= 0.3 is 0 Å². The van der Waals surface area contributed by atoms with E-state index in [1.165, 1.54) is 0 Å². The molecule has 0 saturated carbocycles. The summed E-state index contributed by atoms with van der Waals surface area (Å²) in [6.07, 6.45) is 2.85. The normalized spacial score (nSPS) is 34.4. The molecular weight excluding hydrogens is 204 g/mol. The molecule has 2 saturated heterocycles. The fraction of sp³-hybridized carbons (Fsp3) is 0.917. The Kier molecular flexibility index (Phi) is 3.22. The standard InChI is InChI=1S/C12H22N2O2/c1-12(2)13-10(8-16-12)6-9-4-5-11(15)14(3)7-9/h9-10,13H,4-8H2,1-3H3/t9-,10?/m1/s1. The molecule has 1 amide bonds. The van der Waals surface area contributed by atoms with Crippen LogP contribution in [-0.4, -0.2) is 42.8 Å². The van der Waals surface area contributed by atoms with E-state index in [2.05, 4.69) is 19.2 Å². The van der Waals surface area contributed by atoms with Crippen LogP contribution in [0.5, 0.6) is 0 Å². The van der Waals surface area contributed by atoms with Gasteiger partial charge in [-0.3, -0.25) is 10.1 Å². The molecule has 1 N–H and O–H groups in total. The highest BCUT2D eigenvalue weighted by Crippen LogP contribution is 2.24. The molecule has 0 aromatic rings. The Balaban J connectivity index is 1.80. The van der Waals surface area contributed by atoms with E-state index >= 15 is 0 Å². The van der Waals surface area contributed by atoms with Crippen molar-refractivity contribution in [2.75, 3.05) is 20.2 Å². The third-order valence-corrected chi connectivity index (χ3v) is 3.54. The van der Waals surface area contributed by atoms with Gasteiger partial charge in [0.1, 0.15) is 5.72 Å². The lowest BCUT2D eigenvalue weighted by atomic mass is 9.91. The second-order valence-electron chi connectivity index (χ2n) is 5.58. The van der Waals surface area contributed by atoms with Crippen LogP contribution in [0, 0.1) is 5.92 Å². The number of ether oxygens (including phenoxy) is 1. The second-order valence-corrected chi connectivity index (χ2v) is 5.58. The number of hydrogen-bond donors (Lipinski definition) is 1. The first kappa shape index (κ1) is 11.9. The van der Waals surface area contributed by atoms with Crippen molar-refractivity contribution < 1.29 is 9.53 Å². The van der Waals surface area contributed by atoms with E-state index in [0.717, 1.165) is 26.0 Å². The number of nitrogens with one attached hydrogen (secondary N) is 1. The molecule has 0 spiro atoms. The van der Waals surface area contributed by atoms with Crippen molar-refractivity contribution in [3.05, 3.63) is 0 Å². The Labute approximate surface area is 97.3 Å². The lowest BCUT2D eigenvalue weighted by Crippen LogP contribution is -2.42. The van der Waals surface area contributed by atoms with Gasteiger partial charge in [-0.1, -0.05) is 0 Å². The van der Waals surface area contributed by atoms with Gasteiger partial charge in [0.25, 0.3) is 0 Å². The number of rotatable bonds is 2. The average Bonchev–Trinajstić information content (AvgIpc) is 2.52. The predicted molar refractivity (Wildman–Crippen MR) is 61.9 cm³/mol. The molecule has 2 aliphatic heterocycles. The van der Waals surface area contributed by atoms with E-state index in [0.29, 0.717) is 18.4 Å². The number of carbonyl (C=O) groups excluding carboxylic acids is 1. The van der Waals surface area contributed by atoms with Crippen LogP contribution >= 0.6 is 0 Å². The van der Waals surface area contributed by atoms with Gasteiger partial charge < -0.3 is 9.64 Å². The molecule has 16 heavy (non-hydrogen) atoms. The zero-order valence-electron chi connectivity index (χ0n) is 10.5. The Bertz CT molecular complexity index is 278. The van der Waals surface area contributed by atoms with Gasteiger partial charge in [-0.15, -0.1) is 0 Å². The van der Waals surface area contributed by atoms with E-state index in [-0.39, 0.29) is 11.6 Å². The summed E-state index contributed by atoms with van der Waals surface area (Å²) in [7, 11) is 1.90. The van der Waals surface area contributed by atoms with Crippen LogP contribution in [0.1, 0.15) is 33.1 Å². The van der Waals surface area contributed by atoms with Crippen molar-refractivity contribution >= 4 is 5.91 Å². The summed E-state index contributed by atoms with van der Waals surface area (Å²) in [6, 6.07) is 0.446. The van der Waals surface area contributed by atoms with Gasteiger partial charge in [0.2, 0.25) is 5.91 Å². The summed E-state index contributed by atoms with van der Waals surface area (Å²) in [4.78, 5) is 13.2. The minimum Gasteiger partial charge on any atom is -0.360 e. The molecule has 2 atom stereocenters. The minimum absolute atomic E-state index is 0.180. The Morgan fingerprint density at radius 3 is 2.88 bits per heavy atom. The molecule has 1 unspecified atom stereocenters. The lowest BCUT2D eigenvalue weighted by molar-refractivity contribution is -0.133. The number of likely N-dealkylation sites (tertiary alicyclic amines) is 1. The van der Waals surface area contributed by atoms with Gasteiger partial charge in [0.15, 0.2) is 0 Å². The zero-order chi connectivity index (χ0) is 11.8. The van der Waals surface area contributed by atoms with E-state index in [4.69, 9.17) is 4.74 Å². The van der Waals surface area contributed by atoms with E-state index < -0.39 is 0 Å². The minimum atomic E-state index is -0.180. The maximum atomic E-state index is 11.4. The molecule has 92 valence electrons. The third-order valence-electron chi connectivity index (χ3n) is 3.54. The van der Waals surface area contributed by atoms with E-state index in [1.807, 2.05) is 11.9 Å². The summed E-state index contributed by atoms with van der Waals surface area (Å²) in [5.41, 5.74) is -0.180. The summed E-state index contributed by atoms with van der Waals surface area (Å²) in [6.45, 7) is 5.81. The maximum absolute atomic E-state index is 11.4. The third kappa shape index (κ3) is 2.74. The highest BCUT2D eigenvalue weighted by Gasteiger charge is 2.33. The Morgan fingerprint density at radius 2 is 2.31 bits per heavy atom. The fourth-order valence-electron chi connectivity index (χ4n) is 2.70. The molecule has 2 fully saturated rings. The van der Waals surface area contributed by atoms with Gasteiger partial charge in [-0.25, -0.2) is 0 Å². The van der Waals surface area contributed by atoms with E-state index in [1.54, 1.807) is 0 Å². The van der Waals surface area contributed by atoms with Gasteiger partial charge in [0.05, 0.1) is 6.61 Å². The van der Waals surface area contributed by atoms with Crippen molar-refractivity contribution in [1.29, 1.82) is 0 Å². The van der Waals surface area contributed by atoms with Crippen LogP contribution < -0.4 is 5.32 Å². The lowest BCUT2D eigenvalue weighted by Gasteiger charge is -2.31. The Morgan fingerprint density at radius 1 is 1.56 bits per heavy atom. The van der Waals surface area contributed by atoms with Gasteiger partial charge in [-0.2, -0.15) is 0 Å². The largest absolute Gasteiger partial charge is 0.360 e. The van der Waals surface area contributed by atoms with Crippen LogP contribution in [0.3, 0.4) is 0 Å². The first-order valence-corrected chi connectivity index (χ1v) is 6.12. The topological polar surface area (TPSA) is 41.6 Å². The first-order valence-electron chi connectivity index (χ1n) is 6.12. The molecule has 0 radical (unpaired) electrons.